The number of nitrogens with one attached hydrogen (secondary N) is 1. The summed E-state index contributed by atoms with van der Waals surface area (Å²) in [4.78, 5) is 2.15. The van der Waals surface area contributed by atoms with Crippen LogP contribution >= 0.6 is 0 Å². The third-order valence-electron chi connectivity index (χ3n) is 3.92. The van der Waals surface area contributed by atoms with Crippen molar-refractivity contribution in [3.05, 3.63) is 30.1 Å². The lowest BCUT2D eigenvalue weighted by molar-refractivity contribution is 0.373. The van der Waals surface area contributed by atoms with Gasteiger partial charge in [0.15, 0.2) is 0 Å². The molecular weight excluding hydrogens is 265 g/mol. The van der Waals surface area contributed by atoms with E-state index in [1.54, 1.807) is 12.1 Å². The standard InChI is InChI=1S/C17H26FN3/c1-4-17(14-19,20-5-2)11-8-12-21(6-3)16-10-7-9-15(18)13-16/h7,9-10,13,20H,4-6,8,11-12H2,1-3H3. The lowest BCUT2D eigenvalue weighted by Gasteiger charge is -2.28. The van der Waals surface area contributed by atoms with E-state index < -0.39 is 5.54 Å². The maximum absolute atomic E-state index is 13.3. The van der Waals surface area contributed by atoms with E-state index in [1.165, 1.54) is 6.07 Å². The van der Waals surface area contributed by atoms with Crippen LogP contribution < -0.4 is 10.2 Å². The Bertz CT molecular complexity index is 469. The van der Waals surface area contributed by atoms with Crippen LogP contribution in [0, 0.1) is 17.1 Å². The highest BCUT2D eigenvalue weighted by Crippen LogP contribution is 2.20. The number of hydrogen-bond acceptors (Lipinski definition) is 3. The van der Waals surface area contributed by atoms with Gasteiger partial charge in [0.05, 0.1) is 6.07 Å². The average Bonchev–Trinajstić information content (AvgIpc) is 2.50. The van der Waals surface area contributed by atoms with Crippen LogP contribution in [-0.2, 0) is 0 Å². The Kier molecular flexibility index (Phi) is 7.18. The van der Waals surface area contributed by atoms with Crippen molar-refractivity contribution in [3.63, 3.8) is 0 Å². The largest absolute Gasteiger partial charge is 0.372 e. The van der Waals surface area contributed by atoms with Gasteiger partial charge in [0.1, 0.15) is 11.4 Å². The van der Waals surface area contributed by atoms with Gasteiger partial charge in [0.25, 0.3) is 0 Å². The molecule has 0 saturated heterocycles. The molecule has 4 heteroatoms. The van der Waals surface area contributed by atoms with Crippen molar-refractivity contribution in [2.24, 2.45) is 0 Å². The molecule has 1 aromatic rings. The molecule has 3 nitrogen and oxygen atoms in total. The summed E-state index contributed by atoms with van der Waals surface area (Å²) in [6.45, 7) is 8.57. The van der Waals surface area contributed by atoms with Crippen LogP contribution in [-0.4, -0.2) is 25.2 Å². The number of hydrogen-bond donors (Lipinski definition) is 1. The van der Waals surface area contributed by atoms with Crippen molar-refractivity contribution in [2.45, 2.75) is 45.6 Å². The SMILES string of the molecule is CCNC(C#N)(CC)CCCN(CC)c1cccc(F)c1. The molecule has 0 spiro atoms. The second-order valence-electron chi connectivity index (χ2n) is 5.24. The van der Waals surface area contributed by atoms with E-state index in [0.717, 1.165) is 44.6 Å². The van der Waals surface area contributed by atoms with E-state index in [-0.39, 0.29) is 5.82 Å². The Morgan fingerprint density at radius 3 is 2.62 bits per heavy atom. The normalized spacial score (nSPS) is 13.5. The molecule has 1 atom stereocenters. The van der Waals surface area contributed by atoms with Crippen LogP contribution in [0.4, 0.5) is 10.1 Å². The highest BCUT2D eigenvalue weighted by atomic mass is 19.1. The van der Waals surface area contributed by atoms with Gasteiger partial charge >= 0.3 is 0 Å². The molecule has 1 N–H and O–H groups in total. The zero-order chi connectivity index (χ0) is 15.7. The van der Waals surface area contributed by atoms with Crippen molar-refractivity contribution in [3.8, 4) is 6.07 Å². The first kappa shape index (κ1) is 17.5. The Balaban J connectivity index is 2.62. The van der Waals surface area contributed by atoms with E-state index >= 15 is 0 Å². The van der Waals surface area contributed by atoms with Gasteiger partial charge < -0.3 is 4.90 Å². The molecule has 1 aromatic carbocycles. The lowest BCUT2D eigenvalue weighted by atomic mass is 9.92. The second-order valence-corrected chi connectivity index (χ2v) is 5.24. The molecule has 116 valence electrons. The predicted molar refractivity (Wildman–Crippen MR) is 85.8 cm³/mol. The first-order chi connectivity index (χ1) is 10.1. The second kappa shape index (κ2) is 8.63. The zero-order valence-electron chi connectivity index (χ0n) is 13.3. The zero-order valence-corrected chi connectivity index (χ0v) is 13.3. The summed E-state index contributed by atoms with van der Waals surface area (Å²) in [5, 5.41) is 12.7. The van der Waals surface area contributed by atoms with Gasteiger partial charge in [-0.2, -0.15) is 5.26 Å². The Morgan fingerprint density at radius 2 is 2.10 bits per heavy atom. The molecule has 0 aliphatic rings. The molecule has 1 unspecified atom stereocenters. The molecule has 0 heterocycles. The molecule has 0 bridgehead atoms. The molecule has 0 aromatic heterocycles. The van der Waals surface area contributed by atoms with Gasteiger partial charge in [-0.25, -0.2) is 4.39 Å². The van der Waals surface area contributed by atoms with Gasteiger partial charge in [0, 0.05) is 18.8 Å². The fourth-order valence-electron chi connectivity index (χ4n) is 2.62. The lowest BCUT2D eigenvalue weighted by Crippen LogP contribution is -2.43. The molecule has 0 aliphatic heterocycles. The Morgan fingerprint density at radius 1 is 1.33 bits per heavy atom. The van der Waals surface area contributed by atoms with Gasteiger partial charge in [0.2, 0.25) is 0 Å². The molecule has 0 amide bonds. The van der Waals surface area contributed by atoms with E-state index in [1.807, 2.05) is 19.9 Å². The van der Waals surface area contributed by atoms with Crippen LogP contribution in [0.2, 0.25) is 0 Å². The third-order valence-corrected chi connectivity index (χ3v) is 3.92. The minimum absolute atomic E-state index is 0.210. The predicted octanol–water partition coefficient (Wildman–Crippen LogP) is 3.71. The maximum Gasteiger partial charge on any atom is 0.125 e. The van der Waals surface area contributed by atoms with Crippen molar-refractivity contribution in [1.82, 2.24) is 5.32 Å². The van der Waals surface area contributed by atoms with E-state index in [4.69, 9.17) is 0 Å². The van der Waals surface area contributed by atoms with Crippen molar-refractivity contribution < 1.29 is 4.39 Å². The van der Waals surface area contributed by atoms with Crippen LogP contribution in [0.5, 0.6) is 0 Å². The summed E-state index contributed by atoms with van der Waals surface area (Å²) in [7, 11) is 0. The average molecular weight is 291 g/mol. The minimum atomic E-state index is -0.434. The van der Waals surface area contributed by atoms with E-state index in [9.17, 15) is 9.65 Å². The fourth-order valence-corrected chi connectivity index (χ4v) is 2.62. The summed E-state index contributed by atoms with van der Waals surface area (Å²) >= 11 is 0. The molecule has 0 saturated carbocycles. The maximum atomic E-state index is 13.3. The first-order valence-corrected chi connectivity index (χ1v) is 7.77. The topological polar surface area (TPSA) is 39.1 Å². The van der Waals surface area contributed by atoms with Gasteiger partial charge in [-0.15, -0.1) is 0 Å². The van der Waals surface area contributed by atoms with Gasteiger partial charge in [-0.1, -0.05) is 19.9 Å². The molecular formula is C17H26FN3. The van der Waals surface area contributed by atoms with Crippen LogP contribution in [0.15, 0.2) is 24.3 Å². The monoisotopic (exact) mass is 291 g/mol. The van der Waals surface area contributed by atoms with Crippen LogP contribution in [0.1, 0.15) is 40.0 Å². The minimum Gasteiger partial charge on any atom is -0.372 e. The molecule has 0 fully saturated rings. The number of benzene rings is 1. The smallest absolute Gasteiger partial charge is 0.125 e. The van der Waals surface area contributed by atoms with Gasteiger partial charge in [-0.05, 0) is 50.9 Å². The molecule has 0 aliphatic carbocycles. The first-order valence-electron chi connectivity index (χ1n) is 7.77. The van der Waals surface area contributed by atoms with E-state index in [2.05, 4.69) is 23.2 Å². The Labute approximate surface area is 127 Å². The summed E-state index contributed by atoms with van der Waals surface area (Å²) < 4.78 is 13.3. The van der Waals surface area contributed by atoms with E-state index in [0.29, 0.717) is 0 Å². The van der Waals surface area contributed by atoms with Gasteiger partial charge in [-0.3, -0.25) is 5.32 Å². The molecule has 0 radical (unpaired) electrons. The number of rotatable bonds is 9. The summed E-state index contributed by atoms with van der Waals surface area (Å²) in [6, 6.07) is 9.10. The quantitative estimate of drug-likeness (QED) is 0.754. The van der Waals surface area contributed by atoms with Crippen molar-refractivity contribution in [2.75, 3.05) is 24.5 Å². The highest BCUT2D eigenvalue weighted by Gasteiger charge is 2.26. The van der Waals surface area contributed by atoms with Crippen LogP contribution in [0.25, 0.3) is 0 Å². The summed E-state index contributed by atoms with van der Waals surface area (Å²) in [5.74, 6) is -0.210. The highest BCUT2D eigenvalue weighted by molar-refractivity contribution is 5.46. The number of anilines is 1. The molecule has 1 rings (SSSR count). The van der Waals surface area contributed by atoms with Crippen LogP contribution in [0.3, 0.4) is 0 Å². The van der Waals surface area contributed by atoms with Crippen molar-refractivity contribution >= 4 is 5.69 Å². The molecule has 21 heavy (non-hydrogen) atoms. The number of nitrogens with zero attached hydrogens (tertiary/aromatic N) is 2. The number of nitriles is 1. The van der Waals surface area contributed by atoms with Crippen molar-refractivity contribution in [1.29, 1.82) is 5.26 Å². The fraction of sp³-hybridized carbons (Fsp3) is 0.588. The summed E-state index contributed by atoms with van der Waals surface area (Å²) in [6.07, 6.45) is 2.50. The summed E-state index contributed by atoms with van der Waals surface area (Å²) in [5.41, 5.74) is 0.468. The third kappa shape index (κ3) is 5.02. The number of halogens is 1. The Hall–Kier alpha value is -1.60.